The molecule has 0 atom stereocenters. The van der Waals surface area contributed by atoms with Crippen LogP contribution in [-0.2, 0) is 4.33 Å². The number of rotatable bonds is 1. The lowest BCUT2D eigenvalue weighted by molar-refractivity contribution is 0.878. The van der Waals surface area contributed by atoms with Gasteiger partial charge in [-0.15, -0.1) is 0 Å². The van der Waals surface area contributed by atoms with Crippen molar-refractivity contribution in [3.63, 3.8) is 0 Å². The van der Waals surface area contributed by atoms with E-state index in [9.17, 15) is 0 Å². The highest BCUT2D eigenvalue weighted by Gasteiger charge is 2.47. The quantitative estimate of drug-likeness (QED) is 0.607. The van der Waals surface area contributed by atoms with Gasteiger partial charge in [-0.2, -0.15) is 0 Å². The zero-order chi connectivity index (χ0) is 11.0. The van der Waals surface area contributed by atoms with Crippen molar-refractivity contribution >= 4 is 63.7 Å². The van der Waals surface area contributed by atoms with Gasteiger partial charge in [0, 0.05) is 5.69 Å². The second kappa shape index (κ2) is 4.15. The molecule has 1 rings (SSSR count). The molecule has 78 valence electrons. The Labute approximate surface area is 107 Å². The van der Waals surface area contributed by atoms with Crippen molar-refractivity contribution in [1.29, 1.82) is 0 Å². The summed E-state index contributed by atoms with van der Waals surface area (Å²) in [5.74, 6) is 0. The fourth-order valence-corrected chi connectivity index (χ4v) is 1.44. The first-order chi connectivity index (χ1) is 6.25. The average molecular weight is 293 g/mol. The Morgan fingerprint density at radius 3 is 1.64 bits per heavy atom. The maximum absolute atomic E-state index is 5.92. The van der Waals surface area contributed by atoms with Crippen LogP contribution in [0.4, 0.5) is 5.69 Å². The third-order valence-electron chi connectivity index (χ3n) is 1.63. The van der Waals surface area contributed by atoms with Gasteiger partial charge in [0.1, 0.15) is 0 Å². The largest absolute Gasteiger partial charge is 0.399 e. The predicted molar refractivity (Wildman–Crippen MR) is 64.5 cm³/mol. The molecule has 0 amide bonds. The molecule has 0 saturated carbocycles. The van der Waals surface area contributed by atoms with Gasteiger partial charge in [0.25, 0.3) is 0 Å². The fraction of sp³-hybridized carbons (Fsp3) is 0.250. The lowest BCUT2D eigenvalue weighted by atomic mass is 10.1. The second-order valence-corrected chi connectivity index (χ2v) is 6.30. The molecule has 0 aliphatic heterocycles. The van der Waals surface area contributed by atoms with Crippen LogP contribution in [-0.4, -0.2) is 3.79 Å². The minimum Gasteiger partial charge on any atom is -0.399 e. The zero-order valence-electron chi connectivity index (χ0n) is 6.78. The molecule has 0 saturated heterocycles. The minimum atomic E-state index is -1.80. The van der Waals surface area contributed by atoms with Crippen molar-refractivity contribution in [2.24, 2.45) is 0 Å². The summed E-state index contributed by atoms with van der Waals surface area (Å²) in [4.78, 5) is 0. The molecule has 0 aromatic heterocycles. The van der Waals surface area contributed by atoms with Gasteiger partial charge in [0.2, 0.25) is 3.79 Å². The first kappa shape index (κ1) is 12.5. The fourth-order valence-electron chi connectivity index (χ4n) is 0.856. The van der Waals surface area contributed by atoms with E-state index >= 15 is 0 Å². The highest BCUT2D eigenvalue weighted by molar-refractivity contribution is 6.75. The van der Waals surface area contributed by atoms with Crippen molar-refractivity contribution in [3.8, 4) is 0 Å². The molecule has 0 aliphatic rings. The number of nitrogens with two attached hydrogens (primary N) is 1. The summed E-state index contributed by atoms with van der Waals surface area (Å²) >= 11 is 28.7. The van der Waals surface area contributed by atoms with Crippen LogP contribution in [0.5, 0.6) is 0 Å². The number of halogens is 5. The normalized spacial score (nSPS) is 12.9. The van der Waals surface area contributed by atoms with Crippen molar-refractivity contribution in [3.05, 3.63) is 29.8 Å². The van der Waals surface area contributed by atoms with Gasteiger partial charge < -0.3 is 5.73 Å². The molecule has 1 aromatic carbocycles. The first-order valence-corrected chi connectivity index (χ1v) is 5.44. The van der Waals surface area contributed by atoms with Crippen LogP contribution in [0.25, 0.3) is 0 Å². The molecule has 0 bridgehead atoms. The zero-order valence-corrected chi connectivity index (χ0v) is 10.6. The summed E-state index contributed by atoms with van der Waals surface area (Å²) in [5, 5.41) is 0. The van der Waals surface area contributed by atoms with Crippen LogP contribution in [0.2, 0.25) is 0 Å². The number of hydrogen-bond donors (Lipinski definition) is 1. The summed E-state index contributed by atoms with van der Waals surface area (Å²) in [5.41, 5.74) is 6.56. The molecule has 0 unspecified atom stereocenters. The third-order valence-corrected chi connectivity index (χ3v) is 4.06. The van der Waals surface area contributed by atoms with Crippen LogP contribution in [0.1, 0.15) is 5.56 Å². The molecular formula is C8H6Cl5N. The van der Waals surface area contributed by atoms with Crippen molar-refractivity contribution < 1.29 is 0 Å². The molecule has 2 N–H and O–H groups in total. The molecule has 0 fully saturated rings. The van der Waals surface area contributed by atoms with Gasteiger partial charge in [0.15, 0.2) is 4.33 Å². The lowest BCUT2D eigenvalue weighted by Gasteiger charge is -2.27. The number of anilines is 1. The van der Waals surface area contributed by atoms with Gasteiger partial charge in [-0.3, -0.25) is 0 Å². The summed E-state index contributed by atoms with van der Waals surface area (Å²) in [6.45, 7) is 0. The van der Waals surface area contributed by atoms with E-state index in [1.54, 1.807) is 24.3 Å². The number of alkyl halides is 5. The molecule has 1 aromatic rings. The Morgan fingerprint density at radius 2 is 1.29 bits per heavy atom. The molecular weight excluding hydrogens is 287 g/mol. The van der Waals surface area contributed by atoms with E-state index in [1.807, 2.05) is 0 Å². The summed E-state index contributed by atoms with van der Waals surface area (Å²) in [7, 11) is 0. The summed E-state index contributed by atoms with van der Waals surface area (Å²) in [6.07, 6.45) is 0. The molecule has 14 heavy (non-hydrogen) atoms. The number of nitrogen functional groups attached to an aromatic ring is 1. The molecule has 0 aliphatic carbocycles. The topological polar surface area (TPSA) is 26.0 Å². The smallest absolute Gasteiger partial charge is 0.227 e. The van der Waals surface area contributed by atoms with E-state index in [0.29, 0.717) is 11.3 Å². The lowest BCUT2D eigenvalue weighted by Crippen LogP contribution is -2.28. The van der Waals surface area contributed by atoms with Crippen LogP contribution in [0.15, 0.2) is 24.3 Å². The Kier molecular flexibility index (Phi) is 3.72. The molecule has 0 heterocycles. The Bertz CT molecular complexity index is 313. The van der Waals surface area contributed by atoms with Gasteiger partial charge in [-0.05, 0) is 17.7 Å². The second-order valence-electron chi connectivity index (χ2n) is 2.69. The van der Waals surface area contributed by atoms with E-state index in [1.165, 1.54) is 0 Å². The highest BCUT2D eigenvalue weighted by Crippen LogP contribution is 2.52. The van der Waals surface area contributed by atoms with Crippen LogP contribution in [0, 0.1) is 0 Å². The molecule has 0 radical (unpaired) electrons. The highest BCUT2D eigenvalue weighted by atomic mass is 35.6. The molecule has 1 nitrogen and oxygen atoms in total. The number of hydrogen-bond acceptors (Lipinski definition) is 1. The third kappa shape index (κ3) is 2.53. The maximum atomic E-state index is 5.92. The maximum Gasteiger partial charge on any atom is 0.227 e. The van der Waals surface area contributed by atoms with E-state index in [2.05, 4.69) is 0 Å². The van der Waals surface area contributed by atoms with E-state index in [4.69, 9.17) is 63.7 Å². The van der Waals surface area contributed by atoms with Crippen molar-refractivity contribution in [2.75, 3.05) is 5.73 Å². The molecule has 0 spiro atoms. The van der Waals surface area contributed by atoms with Crippen LogP contribution in [0.3, 0.4) is 0 Å². The Balaban J connectivity index is 3.10. The van der Waals surface area contributed by atoms with Crippen LogP contribution < -0.4 is 5.73 Å². The summed E-state index contributed by atoms with van der Waals surface area (Å²) < 4.78 is -3.39. The Hall–Kier alpha value is 0.470. The van der Waals surface area contributed by atoms with E-state index in [0.717, 1.165) is 0 Å². The van der Waals surface area contributed by atoms with Crippen LogP contribution >= 0.6 is 58.0 Å². The number of benzene rings is 1. The summed E-state index contributed by atoms with van der Waals surface area (Å²) in [6, 6.07) is 6.48. The minimum absolute atomic E-state index is 0.482. The molecule has 6 heteroatoms. The van der Waals surface area contributed by atoms with Crippen molar-refractivity contribution in [2.45, 2.75) is 8.13 Å². The average Bonchev–Trinajstić information content (AvgIpc) is 2.03. The SMILES string of the molecule is Nc1ccc(C(Cl)(Cl)C(Cl)(Cl)Cl)cc1. The predicted octanol–water partition coefficient (Wildman–Crippen LogP) is 4.27. The van der Waals surface area contributed by atoms with Gasteiger partial charge in [-0.1, -0.05) is 70.1 Å². The Morgan fingerprint density at radius 1 is 0.857 bits per heavy atom. The first-order valence-electron chi connectivity index (χ1n) is 3.55. The van der Waals surface area contributed by atoms with Crippen molar-refractivity contribution in [1.82, 2.24) is 0 Å². The monoisotopic (exact) mass is 291 g/mol. The van der Waals surface area contributed by atoms with Gasteiger partial charge in [0.05, 0.1) is 0 Å². The van der Waals surface area contributed by atoms with Gasteiger partial charge in [-0.25, -0.2) is 0 Å². The van der Waals surface area contributed by atoms with Gasteiger partial charge >= 0.3 is 0 Å². The van der Waals surface area contributed by atoms with E-state index < -0.39 is 8.13 Å². The van der Waals surface area contributed by atoms with E-state index in [-0.39, 0.29) is 0 Å². The standard InChI is InChI=1S/C8H6Cl5N/c9-7(10,8(11,12)13)5-1-3-6(14)4-2-5/h1-4H,14H2.